The number of anilines is 1. The van der Waals surface area contributed by atoms with Gasteiger partial charge in [-0.05, 0) is 51.0 Å². The Hall–Kier alpha value is -2.92. The van der Waals surface area contributed by atoms with E-state index in [-0.39, 0.29) is 33.6 Å². The number of carbonyl (C=O) groups is 3. The summed E-state index contributed by atoms with van der Waals surface area (Å²) in [6, 6.07) is 5.33. The largest absolute Gasteiger partial charge is 0.462 e. The molecule has 0 saturated carbocycles. The molecule has 1 N–H and O–H groups in total. The molecule has 33 heavy (non-hydrogen) atoms. The zero-order chi connectivity index (χ0) is 24.9. The van der Waals surface area contributed by atoms with Gasteiger partial charge in [0.15, 0.2) is 9.84 Å². The van der Waals surface area contributed by atoms with Gasteiger partial charge in [0.05, 0.1) is 29.7 Å². The molecule has 1 heterocycles. The number of carbonyl (C=O) groups excluding carboxylic acids is 3. The number of thiophene rings is 1. The highest BCUT2D eigenvalue weighted by molar-refractivity contribution is 7.90. The highest BCUT2D eigenvalue weighted by Gasteiger charge is 2.28. The van der Waals surface area contributed by atoms with Crippen molar-refractivity contribution in [3.05, 3.63) is 45.8 Å². The van der Waals surface area contributed by atoms with E-state index >= 15 is 0 Å². The van der Waals surface area contributed by atoms with E-state index in [2.05, 4.69) is 5.32 Å². The zero-order valence-electron chi connectivity index (χ0n) is 19.4. The lowest BCUT2D eigenvalue weighted by molar-refractivity contribution is 0.0527. The maximum atomic E-state index is 13.0. The maximum Gasteiger partial charge on any atom is 0.348 e. The molecule has 9 nitrogen and oxygen atoms in total. The molecule has 1 unspecified atom stereocenters. The summed E-state index contributed by atoms with van der Waals surface area (Å²) >= 11 is 0.946. The summed E-state index contributed by atoms with van der Waals surface area (Å²) in [6.07, 6.45) is 1.12. The Morgan fingerprint density at radius 1 is 1.06 bits per heavy atom. The SMILES string of the molecule is CCOC(=O)c1sc(NC(=O)N(C)C(C)c2ccc(S(C)(=O)=O)cc2)c(C(=O)OCC)c1C. The Balaban J connectivity index is 2.31. The van der Waals surface area contributed by atoms with Crippen LogP contribution in [0.1, 0.15) is 58.0 Å². The van der Waals surface area contributed by atoms with Gasteiger partial charge in [0, 0.05) is 13.3 Å². The molecule has 0 saturated heterocycles. The van der Waals surface area contributed by atoms with Gasteiger partial charge in [0.2, 0.25) is 0 Å². The fourth-order valence-electron chi connectivity index (χ4n) is 3.02. The third kappa shape index (κ3) is 6.11. The molecule has 2 aromatic rings. The van der Waals surface area contributed by atoms with Crippen LogP contribution >= 0.6 is 11.3 Å². The van der Waals surface area contributed by atoms with E-state index in [0.717, 1.165) is 23.2 Å². The molecular weight excluding hydrogens is 468 g/mol. The van der Waals surface area contributed by atoms with Gasteiger partial charge in [-0.3, -0.25) is 5.32 Å². The maximum absolute atomic E-state index is 13.0. The number of rotatable bonds is 8. The van der Waals surface area contributed by atoms with Crippen LogP contribution in [0.5, 0.6) is 0 Å². The van der Waals surface area contributed by atoms with Crippen molar-refractivity contribution in [1.29, 1.82) is 0 Å². The first-order valence-corrected chi connectivity index (χ1v) is 12.9. The number of benzene rings is 1. The van der Waals surface area contributed by atoms with E-state index in [1.165, 1.54) is 17.0 Å². The predicted octanol–water partition coefficient (Wildman–Crippen LogP) is 4.04. The van der Waals surface area contributed by atoms with Crippen LogP contribution in [0.25, 0.3) is 0 Å². The molecule has 180 valence electrons. The van der Waals surface area contributed by atoms with Crippen LogP contribution < -0.4 is 5.32 Å². The molecule has 2 rings (SSSR count). The van der Waals surface area contributed by atoms with Gasteiger partial charge in [0.1, 0.15) is 9.88 Å². The minimum absolute atomic E-state index is 0.108. The molecule has 1 aromatic heterocycles. The molecule has 0 aliphatic heterocycles. The standard InChI is InChI=1S/C22H28N2O7S2/c1-7-30-20(25)17-13(3)18(21(26)31-8-2)32-19(17)23-22(27)24(5)14(4)15-9-11-16(12-10-15)33(6,28)29/h9-12,14H,7-8H2,1-6H3,(H,23,27). The Morgan fingerprint density at radius 3 is 2.12 bits per heavy atom. The summed E-state index contributed by atoms with van der Waals surface area (Å²) < 4.78 is 33.5. The van der Waals surface area contributed by atoms with Crippen LogP contribution in [0.2, 0.25) is 0 Å². The smallest absolute Gasteiger partial charge is 0.348 e. The van der Waals surface area contributed by atoms with Crippen LogP contribution in [0.4, 0.5) is 9.80 Å². The fourth-order valence-corrected chi connectivity index (χ4v) is 4.73. The number of urea groups is 1. The highest BCUT2D eigenvalue weighted by Crippen LogP contribution is 2.35. The van der Waals surface area contributed by atoms with Crippen molar-refractivity contribution in [3.8, 4) is 0 Å². The van der Waals surface area contributed by atoms with Crippen LogP contribution in [0.3, 0.4) is 0 Å². The van der Waals surface area contributed by atoms with Crippen molar-refractivity contribution in [2.24, 2.45) is 0 Å². The lowest BCUT2D eigenvalue weighted by Crippen LogP contribution is -2.33. The van der Waals surface area contributed by atoms with Gasteiger partial charge in [-0.25, -0.2) is 22.8 Å². The topological polar surface area (TPSA) is 119 Å². The first kappa shape index (κ1) is 26.3. The average Bonchev–Trinajstić information content (AvgIpc) is 3.08. The Bertz CT molecular complexity index is 1140. The van der Waals surface area contributed by atoms with E-state index in [9.17, 15) is 22.8 Å². The molecule has 0 aliphatic rings. The quantitative estimate of drug-likeness (QED) is 0.548. The van der Waals surface area contributed by atoms with Crippen LogP contribution in [0.15, 0.2) is 29.2 Å². The normalized spacial score (nSPS) is 12.1. The number of sulfone groups is 1. The van der Waals surface area contributed by atoms with Crippen molar-refractivity contribution in [3.63, 3.8) is 0 Å². The summed E-state index contributed by atoms with van der Waals surface area (Å²) in [6.45, 7) is 7.02. The summed E-state index contributed by atoms with van der Waals surface area (Å²) in [5, 5.41) is 2.88. The van der Waals surface area contributed by atoms with Gasteiger partial charge in [0.25, 0.3) is 0 Å². The summed E-state index contributed by atoms with van der Waals surface area (Å²) in [5.41, 5.74) is 1.20. The second-order valence-electron chi connectivity index (χ2n) is 7.26. The molecule has 1 aromatic carbocycles. The summed E-state index contributed by atoms with van der Waals surface area (Å²) in [4.78, 5) is 39.6. The number of hydrogen-bond acceptors (Lipinski definition) is 8. The second kappa shape index (κ2) is 10.8. The van der Waals surface area contributed by atoms with Crippen LogP contribution in [0, 0.1) is 6.92 Å². The summed E-state index contributed by atoms with van der Waals surface area (Å²) in [5.74, 6) is -1.23. The first-order chi connectivity index (χ1) is 15.4. The van der Waals surface area contributed by atoms with Gasteiger partial charge in [-0.2, -0.15) is 0 Å². The Morgan fingerprint density at radius 2 is 1.61 bits per heavy atom. The molecule has 11 heteroatoms. The van der Waals surface area contributed by atoms with E-state index in [1.807, 2.05) is 0 Å². The average molecular weight is 497 g/mol. The number of nitrogens with zero attached hydrogens (tertiary/aromatic N) is 1. The lowest BCUT2D eigenvalue weighted by atomic mass is 10.1. The van der Waals surface area contributed by atoms with Crippen molar-refractivity contribution in [2.45, 2.75) is 38.6 Å². The molecule has 0 aliphatic carbocycles. The minimum atomic E-state index is -3.33. The van der Waals surface area contributed by atoms with Gasteiger partial charge in [-0.1, -0.05) is 12.1 Å². The monoisotopic (exact) mass is 496 g/mol. The van der Waals surface area contributed by atoms with Gasteiger partial charge >= 0.3 is 18.0 Å². The van der Waals surface area contributed by atoms with E-state index < -0.39 is 33.8 Å². The molecule has 0 spiro atoms. The highest BCUT2D eigenvalue weighted by atomic mass is 32.2. The second-order valence-corrected chi connectivity index (χ2v) is 10.3. The summed E-state index contributed by atoms with van der Waals surface area (Å²) in [7, 11) is -1.76. The van der Waals surface area contributed by atoms with E-state index in [0.29, 0.717) is 5.56 Å². The molecule has 0 fully saturated rings. The van der Waals surface area contributed by atoms with Crippen molar-refractivity contribution in [2.75, 3.05) is 31.8 Å². The molecule has 0 bridgehead atoms. The lowest BCUT2D eigenvalue weighted by Gasteiger charge is -2.25. The number of hydrogen-bond donors (Lipinski definition) is 1. The first-order valence-electron chi connectivity index (χ1n) is 10.2. The van der Waals surface area contributed by atoms with E-state index in [1.54, 1.807) is 46.9 Å². The van der Waals surface area contributed by atoms with Gasteiger partial charge in [-0.15, -0.1) is 11.3 Å². The Kier molecular flexibility index (Phi) is 8.62. The van der Waals surface area contributed by atoms with Crippen molar-refractivity contribution < 1.29 is 32.3 Å². The number of amides is 2. The number of nitrogens with one attached hydrogen (secondary N) is 1. The van der Waals surface area contributed by atoms with Gasteiger partial charge < -0.3 is 14.4 Å². The Labute approximate surface area is 197 Å². The molecular formula is C22H28N2O7S2. The predicted molar refractivity (Wildman–Crippen MR) is 126 cm³/mol. The van der Waals surface area contributed by atoms with Crippen molar-refractivity contribution in [1.82, 2.24) is 4.90 Å². The van der Waals surface area contributed by atoms with Crippen LogP contribution in [-0.2, 0) is 19.3 Å². The zero-order valence-corrected chi connectivity index (χ0v) is 21.1. The fraction of sp³-hybridized carbons (Fsp3) is 0.409. The molecule has 1 atom stereocenters. The third-order valence-corrected chi connectivity index (χ3v) is 7.32. The molecule has 2 amide bonds. The van der Waals surface area contributed by atoms with Crippen molar-refractivity contribution >= 4 is 44.1 Å². The number of ether oxygens (including phenoxy) is 2. The molecule has 0 radical (unpaired) electrons. The minimum Gasteiger partial charge on any atom is -0.462 e. The third-order valence-electron chi connectivity index (χ3n) is 5.00. The number of esters is 2. The van der Waals surface area contributed by atoms with Crippen LogP contribution in [-0.4, -0.2) is 57.8 Å². The van der Waals surface area contributed by atoms with E-state index in [4.69, 9.17) is 9.47 Å².